The van der Waals surface area contributed by atoms with Crippen LogP contribution >= 0.6 is 0 Å². The van der Waals surface area contributed by atoms with Gasteiger partial charge in [-0.1, -0.05) is 0 Å². The number of aliphatic hydroxyl groups is 1. The molecule has 0 saturated heterocycles. The van der Waals surface area contributed by atoms with Crippen LogP contribution < -0.4 is 14.2 Å². The van der Waals surface area contributed by atoms with E-state index in [1.165, 1.54) is 39.3 Å². The van der Waals surface area contributed by atoms with E-state index in [0.29, 0.717) is 5.75 Å². The van der Waals surface area contributed by atoms with Crippen LogP contribution in [-0.4, -0.2) is 40.4 Å². The van der Waals surface area contributed by atoms with E-state index in [9.17, 15) is 8.42 Å². The molecule has 0 aliphatic rings. The Morgan fingerprint density at radius 2 is 2.00 bits per heavy atom. The molecule has 6 nitrogen and oxygen atoms in total. The molecule has 0 spiro atoms. The first kappa shape index (κ1) is 14.7. The van der Waals surface area contributed by atoms with Crippen LogP contribution in [0.5, 0.6) is 11.5 Å². The lowest BCUT2D eigenvalue weighted by Crippen LogP contribution is -2.30. The number of nitrogens with one attached hydrogen (secondary N) is 1. The van der Waals surface area contributed by atoms with Crippen molar-refractivity contribution < 1.29 is 23.0 Å². The highest BCUT2D eigenvalue weighted by Crippen LogP contribution is 2.28. The molecule has 7 heteroatoms. The van der Waals surface area contributed by atoms with Gasteiger partial charge in [0, 0.05) is 12.6 Å². The minimum absolute atomic E-state index is 0.00597. The van der Waals surface area contributed by atoms with Gasteiger partial charge in [-0.25, -0.2) is 13.1 Å². The van der Waals surface area contributed by atoms with Gasteiger partial charge in [-0.3, -0.25) is 0 Å². The van der Waals surface area contributed by atoms with E-state index in [2.05, 4.69) is 4.72 Å². The van der Waals surface area contributed by atoms with Gasteiger partial charge in [0.05, 0.1) is 20.3 Å². The Morgan fingerprint density at radius 1 is 1.33 bits per heavy atom. The summed E-state index contributed by atoms with van der Waals surface area (Å²) in [4.78, 5) is 0.00597. The maximum Gasteiger partial charge on any atom is 0.244 e. The Morgan fingerprint density at radius 3 is 2.50 bits per heavy atom. The van der Waals surface area contributed by atoms with Crippen LogP contribution in [0, 0.1) is 0 Å². The van der Waals surface area contributed by atoms with Crippen molar-refractivity contribution in [2.45, 2.75) is 17.9 Å². The number of rotatable bonds is 6. The van der Waals surface area contributed by atoms with Gasteiger partial charge in [0.25, 0.3) is 0 Å². The number of sulfonamides is 1. The van der Waals surface area contributed by atoms with Crippen molar-refractivity contribution in [1.29, 1.82) is 0 Å². The van der Waals surface area contributed by atoms with Gasteiger partial charge >= 0.3 is 0 Å². The quantitative estimate of drug-likeness (QED) is 0.783. The van der Waals surface area contributed by atoms with Gasteiger partial charge in [0.2, 0.25) is 10.0 Å². The fourth-order valence-electron chi connectivity index (χ4n) is 1.30. The van der Waals surface area contributed by atoms with Crippen molar-refractivity contribution in [2.24, 2.45) is 0 Å². The van der Waals surface area contributed by atoms with Crippen LogP contribution in [0.25, 0.3) is 0 Å². The highest BCUT2D eigenvalue weighted by atomic mass is 32.2. The molecule has 2 N–H and O–H groups in total. The average Bonchev–Trinajstić information content (AvgIpc) is 2.35. The van der Waals surface area contributed by atoms with Gasteiger partial charge < -0.3 is 14.6 Å². The van der Waals surface area contributed by atoms with Gasteiger partial charge in [0.1, 0.15) is 16.4 Å². The number of benzene rings is 1. The number of methoxy groups -OCH3 is 2. The third-order valence-electron chi connectivity index (χ3n) is 2.23. The minimum atomic E-state index is -3.71. The molecule has 18 heavy (non-hydrogen) atoms. The molecule has 1 aromatic rings. The Kier molecular flexibility index (Phi) is 4.94. The van der Waals surface area contributed by atoms with Crippen LogP contribution in [0.3, 0.4) is 0 Å². The van der Waals surface area contributed by atoms with E-state index in [1.807, 2.05) is 0 Å². The molecule has 0 aliphatic heterocycles. The van der Waals surface area contributed by atoms with E-state index in [0.717, 1.165) is 0 Å². The molecule has 1 aromatic carbocycles. The first-order chi connectivity index (χ1) is 8.40. The van der Waals surface area contributed by atoms with Crippen molar-refractivity contribution in [3.05, 3.63) is 18.2 Å². The SMILES string of the molecule is COc1ccc(S(=O)(=O)NC[C@H](C)O)c(OC)c1. The highest BCUT2D eigenvalue weighted by Gasteiger charge is 2.20. The summed E-state index contributed by atoms with van der Waals surface area (Å²) in [6.07, 6.45) is -0.760. The fourth-order valence-corrected chi connectivity index (χ4v) is 2.58. The molecule has 0 heterocycles. The lowest BCUT2D eigenvalue weighted by Gasteiger charge is -2.12. The van der Waals surface area contributed by atoms with E-state index < -0.39 is 16.1 Å². The molecule has 0 saturated carbocycles. The Bertz CT molecular complexity index is 498. The molecular weight excluding hydrogens is 258 g/mol. The molecule has 102 valence electrons. The zero-order valence-electron chi connectivity index (χ0n) is 10.5. The summed E-state index contributed by atoms with van der Waals surface area (Å²) in [6, 6.07) is 4.40. The van der Waals surface area contributed by atoms with E-state index >= 15 is 0 Å². The van der Waals surface area contributed by atoms with Crippen LogP contribution in [0.1, 0.15) is 6.92 Å². The monoisotopic (exact) mass is 275 g/mol. The number of hydrogen-bond donors (Lipinski definition) is 2. The zero-order valence-corrected chi connectivity index (χ0v) is 11.3. The fraction of sp³-hybridized carbons (Fsp3) is 0.455. The number of hydrogen-bond acceptors (Lipinski definition) is 5. The van der Waals surface area contributed by atoms with E-state index in [-0.39, 0.29) is 17.2 Å². The molecule has 1 rings (SSSR count). The zero-order chi connectivity index (χ0) is 13.8. The van der Waals surface area contributed by atoms with Gasteiger partial charge in [-0.05, 0) is 19.1 Å². The van der Waals surface area contributed by atoms with Crippen molar-refractivity contribution >= 4 is 10.0 Å². The van der Waals surface area contributed by atoms with Gasteiger partial charge in [-0.2, -0.15) is 0 Å². The molecule has 0 radical (unpaired) electrons. The maximum absolute atomic E-state index is 12.0. The second-order valence-corrected chi connectivity index (χ2v) is 5.45. The smallest absolute Gasteiger partial charge is 0.244 e. The normalized spacial score (nSPS) is 13.1. The van der Waals surface area contributed by atoms with Crippen LogP contribution in [-0.2, 0) is 10.0 Å². The van der Waals surface area contributed by atoms with E-state index in [1.54, 1.807) is 0 Å². The topological polar surface area (TPSA) is 84.9 Å². The van der Waals surface area contributed by atoms with Gasteiger partial charge in [0.15, 0.2) is 0 Å². The summed E-state index contributed by atoms with van der Waals surface area (Å²) >= 11 is 0. The summed E-state index contributed by atoms with van der Waals surface area (Å²) in [6.45, 7) is 1.44. The van der Waals surface area contributed by atoms with Crippen molar-refractivity contribution in [2.75, 3.05) is 20.8 Å². The van der Waals surface area contributed by atoms with Crippen molar-refractivity contribution in [3.8, 4) is 11.5 Å². The lowest BCUT2D eigenvalue weighted by molar-refractivity contribution is 0.198. The van der Waals surface area contributed by atoms with Crippen molar-refractivity contribution in [1.82, 2.24) is 4.72 Å². The van der Waals surface area contributed by atoms with Crippen molar-refractivity contribution in [3.63, 3.8) is 0 Å². The summed E-state index contributed by atoms with van der Waals surface area (Å²) in [5.74, 6) is 0.689. The molecule has 0 fully saturated rings. The molecule has 0 unspecified atom stereocenters. The third-order valence-corrected chi connectivity index (χ3v) is 3.69. The maximum atomic E-state index is 12.0. The van der Waals surface area contributed by atoms with Gasteiger partial charge in [-0.15, -0.1) is 0 Å². The van der Waals surface area contributed by atoms with Crippen LogP contribution in [0.2, 0.25) is 0 Å². The lowest BCUT2D eigenvalue weighted by atomic mass is 10.3. The minimum Gasteiger partial charge on any atom is -0.497 e. The highest BCUT2D eigenvalue weighted by molar-refractivity contribution is 7.89. The first-order valence-corrected chi connectivity index (χ1v) is 6.78. The molecular formula is C11H17NO5S. The second kappa shape index (κ2) is 6.03. The Labute approximate surface area is 107 Å². The van der Waals surface area contributed by atoms with Crippen LogP contribution in [0.15, 0.2) is 23.1 Å². The Hall–Kier alpha value is -1.31. The standard InChI is InChI=1S/C11H17NO5S/c1-8(13)7-12-18(14,15)11-5-4-9(16-2)6-10(11)17-3/h4-6,8,12-13H,7H2,1-3H3/t8-/m0/s1. The van der Waals surface area contributed by atoms with E-state index in [4.69, 9.17) is 14.6 Å². The Balaban J connectivity index is 3.08. The molecule has 0 amide bonds. The summed E-state index contributed by atoms with van der Waals surface area (Å²) in [7, 11) is -0.855. The third kappa shape index (κ3) is 3.59. The predicted octanol–water partition coefficient (Wildman–Crippen LogP) is 0.363. The second-order valence-electron chi connectivity index (χ2n) is 3.72. The first-order valence-electron chi connectivity index (χ1n) is 5.30. The molecule has 0 bridgehead atoms. The van der Waals surface area contributed by atoms with Crippen LogP contribution in [0.4, 0.5) is 0 Å². The number of aliphatic hydroxyl groups excluding tert-OH is 1. The average molecular weight is 275 g/mol. The summed E-state index contributed by atoms with van der Waals surface area (Å²) in [5.41, 5.74) is 0. The molecule has 0 aliphatic carbocycles. The summed E-state index contributed by atoms with van der Waals surface area (Å²) < 4.78 is 36.2. The number of ether oxygens (including phenoxy) is 2. The summed E-state index contributed by atoms with van der Waals surface area (Å²) in [5, 5.41) is 9.09. The predicted molar refractivity (Wildman–Crippen MR) is 66.4 cm³/mol. The molecule has 0 aromatic heterocycles. The molecule has 1 atom stereocenters. The largest absolute Gasteiger partial charge is 0.497 e.